The van der Waals surface area contributed by atoms with Crippen molar-refractivity contribution in [2.45, 2.75) is 24.9 Å². The van der Waals surface area contributed by atoms with E-state index in [2.05, 4.69) is 4.98 Å². The SMILES string of the molecule is CN(C)C[C@H]1O[C@@H](n2ccc(=O)[nH]c2=O)C[C@@H]1O. The van der Waals surface area contributed by atoms with Crippen LogP contribution in [0.1, 0.15) is 12.6 Å². The minimum atomic E-state index is -0.615. The second-order valence-electron chi connectivity index (χ2n) is 4.71. The number of aliphatic hydroxyl groups excluding tert-OH is 1. The molecule has 1 aliphatic rings. The highest BCUT2D eigenvalue weighted by atomic mass is 16.5. The second-order valence-corrected chi connectivity index (χ2v) is 4.71. The number of aliphatic hydroxyl groups is 1. The van der Waals surface area contributed by atoms with Crippen LogP contribution in [0.2, 0.25) is 0 Å². The number of ether oxygens (including phenoxy) is 1. The summed E-state index contributed by atoms with van der Waals surface area (Å²) in [6.45, 7) is 0.579. The Balaban J connectivity index is 2.16. The van der Waals surface area contributed by atoms with Crippen molar-refractivity contribution in [2.75, 3.05) is 20.6 Å². The maximum atomic E-state index is 11.6. The lowest BCUT2D eigenvalue weighted by atomic mass is 10.2. The zero-order chi connectivity index (χ0) is 13.3. The van der Waals surface area contributed by atoms with Crippen molar-refractivity contribution in [3.63, 3.8) is 0 Å². The molecule has 0 amide bonds. The largest absolute Gasteiger partial charge is 0.390 e. The molecule has 0 radical (unpaired) electrons. The van der Waals surface area contributed by atoms with Gasteiger partial charge in [0.25, 0.3) is 5.56 Å². The average Bonchev–Trinajstić information content (AvgIpc) is 2.59. The molecule has 18 heavy (non-hydrogen) atoms. The van der Waals surface area contributed by atoms with E-state index in [1.807, 2.05) is 19.0 Å². The highest BCUT2D eigenvalue weighted by molar-refractivity contribution is 4.88. The van der Waals surface area contributed by atoms with Crippen molar-refractivity contribution in [1.82, 2.24) is 14.5 Å². The molecule has 1 saturated heterocycles. The van der Waals surface area contributed by atoms with Crippen molar-refractivity contribution in [3.05, 3.63) is 33.1 Å². The third-order valence-electron chi connectivity index (χ3n) is 2.91. The molecule has 0 aromatic carbocycles. The maximum Gasteiger partial charge on any atom is 0.330 e. The zero-order valence-corrected chi connectivity index (χ0v) is 10.4. The number of aromatic nitrogens is 2. The number of aromatic amines is 1. The Morgan fingerprint density at radius 3 is 2.89 bits per heavy atom. The van der Waals surface area contributed by atoms with Crippen LogP contribution in [0.3, 0.4) is 0 Å². The number of nitrogens with zero attached hydrogens (tertiary/aromatic N) is 2. The highest BCUT2D eigenvalue weighted by Gasteiger charge is 2.35. The van der Waals surface area contributed by atoms with Crippen LogP contribution in [-0.2, 0) is 4.74 Å². The third kappa shape index (κ3) is 2.69. The molecular weight excluding hydrogens is 238 g/mol. The molecule has 1 aliphatic heterocycles. The second kappa shape index (κ2) is 5.05. The van der Waals surface area contributed by atoms with Crippen molar-refractivity contribution < 1.29 is 9.84 Å². The Bertz CT molecular complexity index is 522. The summed E-state index contributed by atoms with van der Waals surface area (Å²) in [5.74, 6) is 0. The fraction of sp³-hybridized carbons (Fsp3) is 0.636. The van der Waals surface area contributed by atoms with E-state index in [0.717, 1.165) is 0 Å². The smallest absolute Gasteiger partial charge is 0.330 e. The predicted octanol–water partition coefficient (Wildman–Crippen LogP) is -1.25. The van der Waals surface area contributed by atoms with Gasteiger partial charge in [0.2, 0.25) is 0 Å². The number of nitrogens with one attached hydrogen (secondary N) is 1. The van der Waals surface area contributed by atoms with Crippen LogP contribution in [0.25, 0.3) is 0 Å². The number of hydrogen-bond donors (Lipinski definition) is 2. The van der Waals surface area contributed by atoms with E-state index in [9.17, 15) is 14.7 Å². The first-order valence-corrected chi connectivity index (χ1v) is 5.77. The van der Waals surface area contributed by atoms with Gasteiger partial charge in [0.1, 0.15) is 6.23 Å². The van der Waals surface area contributed by atoms with Crippen LogP contribution in [0.4, 0.5) is 0 Å². The molecule has 1 fully saturated rings. The first kappa shape index (κ1) is 13.0. The van der Waals surface area contributed by atoms with E-state index in [1.54, 1.807) is 0 Å². The number of rotatable bonds is 3. The van der Waals surface area contributed by atoms with Gasteiger partial charge in [-0.05, 0) is 14.1 Å². The van der Waals surface area contributed by atoms with E-state index in [4.69, 9.17) is 4.74 Å². The average molecular weight is 255 g/mol. The van der Waals surface area contributed by atoms with Gasteiger partial charge in [-0.3, -0.25) is 14.3 Å². The molecule has 1 aromatic rings. The fourth-order valence-corrected chi connectivity index (χ4v) is 2.06. The summed E-state index contributed by atoms with van der Waals surface area (Å²) in [6, 6.07) is 1.26. The minimum Gasteiger partial charge on any atom is -0.390 e. The number of H-pyrrole nitrogens is 1. The zero-order valence-electron chi connectivity index (χ0n) is 10.4. The van der Waals surface area contributed by atoms with E-state index in [-0.39, 0.29) is 6.10 Å². The van der Waals surface area contributed by atoms with Gasteiger partial charge in [-0.15, -0.1) is 0 Å². The van der Waals surface area contributed by atoms with Crippen molar-refractivity contribution in [1.29, 1.82) is 0 Å². The van der Waals surface area contributed by atoms with Crippen LogP contribution in [0, 0.1) is 0 Å². The Kier molecular flexibility index (Phi) is 3.65. The minimum absolute atomic E-state index is 0.330. The van der Waals surface area contributed by atoms with Crippen LogP contribution in [0.5, 0.6) is 0 Å². The number of likely N-dealkylation sites (N-methyl/N-ethyl adjacent to an activating group) is 1. The summed E-state index contributed by atoms with van der Waals surface area (Å²) >= 11 is 0. The predicted molar refractivity (Wildman–Crippen MR) is 64.4 cm³/mol. The van der Waals surface area contributed by atoms with Gasteiger partial charge in [-0.25, -0.2) is 4.79 Å². The van der Waals surface area contributed by atoms with Crippen LogP contribution >= 0.6 is 0 Å². The Hall–Kier alpha value is -1.44. The highest BCUT2D eigenvalue weighted by Crippen LogP contribution is 2.27. The van der Waals surface area contributed by atoms with Crippen LogP contribution < -0.4 is 11.2 Å². The third-order valence-corrected chi connectivity index (χ3v) is 2.91. The first-order valence-electron chi connectivity index (χ1n) is 5.77. The van der Waals surface area contributed by atoms with E-state index in [0.29, 0.717) is 13.0 Å². The van der Waals surface area contributed by atoms with Gasteiger partial charge in [-0.1, -0.05) is 0 Å². The molecule has 3 atom stereocenters. The molecule has 7 heteroatoms. The molecule has 100 valence electrons. The van der Waals surface area contributed by atoms with Gasteiger partial charge in [0.05, 0.1) is 12.2 Å². The van der Waals surface area contributed by atoms with Crippen LogP contribution in [-0.4, -0.2) is 52.4 Å². The molecule has 2 heterocycles. The molecule has 0 unspecified atom stereocenters. The summed E-state index contributed by atoms with van der Waals surface area (Å²) < 4.78 is 6.93. The van der Waals surface area contributed by atoms with Crippen molar-refractivity contribution in [2.24, 2.45) is 0 Å². The first-order chi connectivity index (χ1) is 8.47. The maximum absolute atomic E-state index is 11.6. The summed E-state index contributed by atoms with van der Waals surface area (Å²) in [5, 5.41) is 9.88. The van der Waals surface area contributed by atoms with Gasteiger partial charge in [0.15, 0.2) is 0 Å². The summed E-state index contributed by atoms with van der Waals surface area (Å²) in [5.41, 5.74) is -0.968. The Morgan fingerprint density at radius 2 is 2.28 bits per heavy atom. The van der Waals surface area contributed by atoms with E-state index >= 15 is 0 Å². The molecule has 2 N–H and O–H groups in total. The summed E-state index contributed by atoms with van der Waals surface area (Å²) in [4.78, 5) is 26.6. The molecule has 0 bridgehead atoms. The quantitative estimate of drug-likeness (QED) is 0.704. The van der Waals surface area contributed by atoms with E-state index in [1.165, 1.54) is 16.8 Å². The standard InChI is InChI=1S/C11H17N3O4/c1-13(2)6-8-7(15)5-10(18-8)14-4-3-9(16)12-11(14)17/h3-4,7-8,10,15H,5-6H2,1-2H3,(H,12,16,17)/t7-,8+,10+/m0/s1. The molecule has 0 spiro atoms. The fourth-order valence-electron chi connectivity index (χ4n) is 2.06. The lowest BCUT2D eigenvalue weighted by molar-refractivity contribution is -0.0306. The Morgan fingerprint density at radius 1 is 1.56 bits per heavy atom. The molecule has 2 rings (SSSR count). The molecule has 1 aromatic heterocycles. The Labute approximate surface area is 104 Å². The van der Waals surface area contributed by atoms with Crippen molar-refractivity contribution >= 4 is 0 Å². The number of hydrogen-bond acceptors (Lipinski definition) is 5. The molecule has 0 saturated carbocycles. The topological polar surface area (TPSA) is 87.6 Å². The lowest BCUT2D eigenvalue weighted by Crippen LogP contribution is -2.34. The molecule has 0 aliphatic carbocycles. The van der Waals surface area contributed by atoms with Gasteiger partial charge in [0, 0.05) is 25.2 Å². The van der Waals surface area contributed by atoms with Gasteiger partial charge < -0.3 is 14.7 Å². The monoisotopic (exact) mass is 255 g/mol. The van der Waals surface area contributed by atoms with Gasteiger partial charge >= 0.3 is 5.69 Å². The summed E-state index contributed by atoms with van der Waals surface area (Å²) in [7, 11) is 3.77. The molecular formula is C11H17N3O4. The van der Waals surface area contributed by atoms with Gasteiger partial charge in [-0.2, -0.15) is 0 Å². The van der Waals surface area contributed by atoms with Crippen molar-refractivity contribution in [3.8, 4) is 0 Å². The van der Waals surface area contributed by atoms with Crippen LogP contribution in [0.15, 0.2) is 21.9 Å². The molecule has 7 nitrogen and oxygen atoms in total. The lowest BCUT2D eigenvalue weighted by Gasteiger charge is -2.19. The normalized spacial score (nSPS) is 27.9. The van der Waals surface area contributed by atoms with E-state index < -0.39 is 23.6 Å². The summed E-state index contributed by atoms with van der Waals surface area (Å²) in [6.07, 6.45) is 0.246.